The van der Waals surface area contributed by atoms with E-state index in [9.17, 15) is 19.5 Å². The van der Waals surface area contributed by atoms with Crippen LogP contribution in [-0.4, -0.2) is 41.7 Å². The number of hydrogen-bond acceptors (Lipinski definition) is 7. The van der Waals surface area contributed by atoms with E-state index in [4.69, 9.17) is 10.5 Å². The fourth-order valence-corrected chi connectivity index (χ4v) is 5.59. The molecule has 0 spiro atoms. The highest BCUT2D eigenvalue weighted by Gasteiger charge is 2.27. The third-order valence-corrected chi connectivity index (χ3v) is 7.21. The largest absolute Gasteiger partial charge is 0.493 e. The summed E-state index contributed by atoms with van der Waals surface area (Å²) in [7, 11) is 1.20. The lowest BCUT2D eigenvalue weighted by Crippen LogP contribution is -2.11. The van der Waals surface area contributed by atoms with Crippen LogP contribution in [0.15, 0.2) is 60.7 Å². The predicted octanol–water partition coefficient (Wildman–Crippen LogP) is 4.66. The van der Waals surface area contributed by atoms with Crippen molar-refractivity contribution in [3.8, 4) is 38.4 Å². The van der Waals surface area contributed by atoms with Gasteiger partial charge in [0.25, 0.3) is 5.91 Å². The number of carboxylic acid groups (broad SMARTS) is 1. The number of amides is 1. The highest BCUT2D eigenvalue weighted by molar-refractivity contribution is 7.18. The van der Waals surface area contributed by atoms with E-state index >= 15 is 0 Å². The Kier molecular flexibility index (Phi) is 5.99. The van der Waals surface area contributed by atoms with Gasteiger partial charge in [-0.2, -0.15) is 0 Å². The van der Waals surface area contributed by atoms with Crippen molar-refractivity contribution in [2.24, 2.45) is 5.73 Å². The van der Waals surface area contributed by atoms with Gasteiger partial charge in [-0.05, 0) is 41.0 Å². The normalized spacial score (nSPS) is 12.0. The Bertz CT molecular complexity index is 1530. The molecule has 180 valence electrons. The van der Waals surface area contributed by atoms with Crippen LogP contribution in [0.5, 0.6) is 5.75 Å². The van der Waals surface area contributed by atoms with E-state index in [1.165, 1.54) is 30.6 Å². The molecule has 3 heterocycles. The van der Waals surface area contributed by atoms with Crippen LogP contribution in [0.25, 0.3) is 32.7 Å². The fraction of sp³-hybridized carbons (Fsp3) is 0.111. The van der Waals surface area contributed by atoms with Crippen molar-refractivity contribution in [1.82, 2.24) is 4.98 Å². The number of carboxylic acids is 1. The van der Waals surface area contributed by atoms with Gasteiger partial charge < -0.3 is 20.3 Å². The fourth-order valence-electron chi connectivity index (χ4n) is 4.34. The van der Waals surface area contributed by atoms with Gasteiger partial charge in [-0.15, -0.1) is 11.3 Å². The van der Waals surface area contributed by atoms with Crippen molar-refractivity contribution in [3.05, 3.63) is 82.5 Å². The minimum Gasteiger partial charge on any atom is -0.493 e. The number of nitrogens with zero attached hydrogens (tertiary/aromatic N) is 1. The van der Waals surface area contributed by atoms with Crippen LogP contribution in [0.3, 0.4) is 0 Å². The number of rotatable bonds is 5. The quantitative estimate of drug-likeness (QED) is 0.381. The Balaban J connectivity index is 1.65. The number of nitrogens with two attached hydrogens (primary N) is 1. The molecule has 0 fully saturated rings. The minimum absolute atomic E-state index is 0.0969. The monoisotopic (exact) mass is 500 g/mol. The molecular weight excluding hydrogens is 480 g/mol. The molecule has 9 heteroatoms. The molecule has 0 saturated carbocycles. The molecular formula is C27H20N2O6S. The second kappa shape index (κ2) is 9.27. The number of methoxy groups -OCH3 is 1. The summed E-state index contributed by atoms with van der Waals surface area (Å²) in [6, 6.07) is 17.9. The van der Waals surface area contributed by atoms with Gasteiger partial charge >= 0.3 is 11.9 Å². The number of aromatic carboxylic acids is 1. The van der Waals surface area contributed by atoms with Gasteiger partial charge in [0.15, 0.2) is 5.69 Å². The molecule has 2 aromatic heterocycles. The van der Waals surface area contributed by atoms with Gasteiger partial charge in [-0.3, -0.25) is 4.79 Å². The van der Waals surface area contributed by atoms with Gasteiger partial charge in [-0.25, -0.2) is 14.6 Å². The first-order valence-corrected chi connectivity index (χ1v) is 11.8. The van der Waals surface area contributed by atoms with E-state index in [0.29, 0.717) is 34.8 Å². The number of primary amides is 1. The third kappa shape index (κ3) is 3.99. The average molecular weight is 501 g/mol. The topological polar surface area (TPSA) is 129 Å². The standard InChI is InChI=1S/C27H20N2O6S/c1-34-27(33)19-10-9-16(22(29-19)26(31)32)15-7-8-17-20(13-15)35-12-11-18-21(14-5-3-2-4-6-14)24(25(28)30)36-23(17)18/h2-10,13H,11-12H2,1H3,(H2,28,30)(H,31,32). The molecule has 0 aliphatic carbocycles. The van der Waals surface area contributed by atoms with Crippen molar-refractivity contribution >= 4 is 29.2 Å². The number of hydrogen-bond donors (Lipinski definition) is 2. The highest BCUT2D eigenvalue weighted by atomic mass is 32.1. The maximum absolute atomic E-state index is 12.4. The smallest absolute Gasteiger partial charge is 0.356 e. The lowest BCUT2D eigenvalue weighted by molar-refractivity contribution is 0.0593. The van der Waals surface area contributed by atoms with Gasteiger partial charge in [0.1, 0.15) is 16.3 Å². The van der Waals surface area contributed by atoms with Crippen LogP contribution in [0.4, 0.5) is 0 Å². The Morgan fingerprint density at radius 2 is 1.78 bits per heavy atom. The molecule has 3 N–H and O–H groups in total. The van der Waals surface area contributed by atoms with E-state index in [1.54, 1.807) is 12.1 Å². The second-order valence-electron chi connectivity index (χ2n) is 8.04. The van der Waals surface area contributed by atoms with Gasteiger partial charge in [0, 0.05) is 28.0 Å². The molecule has 1 amide bonds. The first-order chi connectivity index (χ1) is 17.4. The molecule has 5 rings (SSSR count). The van der Waals surface area contributed by atoms with Gasteiger partial charge in [0.05, 0.1) is 13.7 Å². The number of aromatic nitrogens is 1. The van der Waals surface area contributed by atoms with E-state index in [-0.39, 0.29) is 11.4 Å². The first-order valence-electron chi connectivity index (χ1n) is 11.0. The summed E-state index contributed by atoms with van der Waals surface area (Å²) in [5.41, 5.74) is 9.79. The summed E-state index contributed by atoms with van der Waals surface area (Å²) in [5, 5.41) is 9.73. The van der Waals surface area contributed by atoms with Crippen LogP contribution in [0, 0.1) is 0 Å². The minimum atomic E-state index is -1.27. The summed E-state index contributed by atoms with van der Waals surface area (Å²) >= 11 is 1.33. The number of ether oxygens (including phenoxy) is 2. The first kappa shape index (κ1) is 23.3. The number of esters is 1. The highest BCUT2D eigenvalue weighted by Crippen LogP contribution is 2.47. The van der Waals surface area contributed by atoms with Crippen molar-refractivity contribution in [1.29, 1.82) is 0 Å². The Morgan fingerprint density at radius 3 is 2.47 bits per heavy atom. The van der Waals surface area contributed by atoms with Gasteiger partial charge in [-0.1, -0.05) is 36.4 Å². The molecule has 8 nitrogen and oxygen atoms in total. The lowest BCUT2D eigenvalue weighted by atomic mass is 9.95. The van der Waals surface area contributed by atoms with Crippen LogP contribution in [-0.2, 0) is 11.2 Å². The number of thiophene rings is 1. The van der Waals surface area contributed by atoms with Crippen LogP contribution in [0.1, 0.15) is 36.2 Å². The Labute approximate surface area is 209 Å². The second-order valence-corrected chi connectivity index (χ2v) is 9.06. The molecule has 1 aliphatic heterocycles. The van der Waals surface area contributed by atoms with E-state index in [2.05, 4.69) is 9.72 Å². The SMILES string of the molecule is COC(=O)c1ccc(-c2ccc3c(c2)OCCc2c-3sc(C(N)=O)c2-c2ccccc2)c(C(=O)O)n1. The van der Waals surface area contributed by atoms with Crippen molar-refractivity contribution < 1.29 is 29.0 Å². The third-order valence-electron chi connectivity index (χ3n) is 5.93. The van der Waals surface area contributed by atoms with Crippen LogP contribution in [0.2, 0.25) is 0 Å². The number of fused-ring (bicyclic) bond motifs is 3. The maximum Gasteiger partial charge on any atom is 0.356 e. The molecule has 2 aromatic carbocycles. The number of carbonyl (C=O) groups is 3. The van der Waals surface area contributed by atoms with Crippen LogP contribution >= 0.6 is 11.3 Å². The van der Waals surface area contributed by atoms with Crippen LogP contribution < -0.4 is 10.5 Å². The molecule has 0 bridgehead atoms. The summed E-state index contributed by atoms with van der Waals surface area (Å²) in [4.78, 5) is 41.5. The molecule has 0 radical (unpaired) electrons. The zero-order valence-corrected chi connectivity index (χ0v) is 19.9. The van der Waals surface area contributed by atoms with E-state index in [0.717, 1.165) is 27.1 Å². The summed E-state index contributed by atoms with van der Waals surface area (Å²) in [5.74, 6) is -1.94. The molecule has 4 aromatic rings. The Hall–Kier alpha value is -4.50. The predicted molar refractivity (Wildman–Crippen MR) is 134 cm³/mol. The Morgan fingerprint density at radius 1 is 1.03 bits per heavy atom. The van der Waals surface area contributed by atoms with Crippen molar-refractivity contribution in [2.75, 3.05) is 13.7 Å². The van der Waals surface area contributed by atoms with Gasteiger partial charge in [0.2, 0.25) is 0 Å². The molecule has 0 saturated heterocycles. The zero-order chi connectivity index (χ0) is 25.4. The molecule has 0 atom stereocenters. The summed E-state index contributed by atoms with van der Waals surface area (Å²) < 4.78 is 10.7. The number of pyridine rings is 1. The summed E-state index contributed by atoms with van der Waals surface area (Å²) in [6.45, 7) is 0.365. The number of benzene rings is 2. The molecule has 36 heavy (non-hydrogen) atoms. The lowest BCUT2D eigenvalue weighted by Gasteiger charge is -2.12. The van der Waals surface area contributed by atoms with E-state index in [1.807, 2.05) is 36.4 Å². The average Bonchev–Trinajstić information content (AvgIpc) is 3.18. The number of carbonyl (C=O) groups excluding carboxylic acids is 2. The maximum atomic E-state index is 12.4. The zero-order valence-electron chi connectivity index (χ0n) is 19.1. The molecule has 0 unspecified atom stereocenters. The summed E-state index contributed by atoms with van der Waals surface area (Å²) in [6.07, 6.45) is 0.573. The molecule has 1 aliphatic rings. The van der Waals surface area contributed by atoms with Crippen molar-refractivity contribution in [3.63, 3.8) is 0 Å². The van der Waals surface area contributed by atoms with Crippen molar-refractivity contribution in [2.45, 2.75) is 6.42 Å². The van der Waals surface area contributed by atoms with E-state index < -0.39 is 17.8 Å².